The van der Waals surface area contributed by atoms with Gasteiger partial charge in [0.25, 0.3) is 10.0 Å². The number of hydrogen-bond donors (Lipinski definition) is 2. The van der Waals surface area contributed by atoms with E-state index < -0.39 is 26.0 Å². The second-order valence-electron chi connectivity index (χ2n) is 9.34. The maximum Gasteiger partial charge on any atom is 0.262 e. The summed E-state index contributed by atoms with van der Waals surface area (Å²) in [7, 11) is -4.88. The van der Waals surface area contributed by atoms with Crippen LogP contribution in [0.5, 0.6) is 11.5 Å². The number of piperidine rings is 1. The monoisotopic (exact) mass is 641 g/mol. The molecular weight excluding hydrogens is 613 g/mol. The third-order valence-corrected chi connectivity index (χ3v) is 10.5. The SMILES string of the molecule is COc1ccc(OC)c(NS(=O)(=O)c2ccc(NC(=O)[C@@H]3CCCN(S(=O)(=O)Cc4c(Cl)cccc4Cl)C3)cc2)c1. The molecular formula is C27H29Cl2N3O7S2. The fourth-order valence-corrected chi connectivity index (χ4v) is 7.84. The molecule has 0 aromatic heterocycles. The van der Waals surface area contributed by atoms with Crippen LogP contribution in [0.2, 0.25) is 10.0 Å². The van der Waals surface area contributed by atoms with E-state index in [9.17, 15) is 21.6 Å². The summed E-state index contributed by atoms with van der Waals surface area (Å²) in [6.45, 7) is 0.292. The first-order valence-corrected chi connectivity index (χ1v) is 16.3. The molecule has 0 unspecified atom stereocenters. The van der Waals surface area contributed by atoms with Crippen LogP contribution >= 0.6 is 23.2 Å². The van der Waals surface area contributed by atoms with Gasteiger partial charge in [-0.15, -0.1) is 0 Å². The van der Waals surface area contributed by atoms with Gasteiger partial charge < -0.3 is 14.8 Å². The maximum atomic E-state index is 13.1. The summed E-state index contributed by atoms with van der Waals surface area (Å²) in [5.74, 6) is -0.563. The summed E-state index contributed by atoms with van der Waals surface area (Å²) in [4.78, 5) is 13.0. The third kappa shape index (κ3) is 7.44. The summed E-state index contributed by atoms with van der Waals surface area (Å²) in [5.41, 5.74) is 0.894. The predicted molar refractivity (Wildman–Crippen MR) is 159 cm³/mol. The topological polar surface area (TPSA) is 131 Å². The Bertz CT molecular complexity index is 1610. The van der Waals surface area contributed by atoms with E-state index in [1.807, 2.05) is 0 Å². The van der Waals surface area contributed by atoms with Gasteiger partial charge in [0.15, 0.2) is 0 Å². The van der Waals surface area contributed by atoms with Crippen LogP contribution in [0.15, 0.2) is 65.6 Å². The number of sulfonamides is 2. The molecule has 3 aromatic carbocycles. The van der Waals surface area contributed by atoms with Gasteiger partial charge in [-0.25, -0.2) is 21.1 Å². The van der Waals surface area contributed by atoms with Crippen LogP contribution in [-0.4, -0.2) is 54.4 Å². The van der Waals surface area contributed by atoms with Crippen molar-refractivity contribution < 1.29 is 31.1 Å². The molecule has 1 heterocycles. The molecule has 0 radical (unpaired) electrons. The molecule has 1 aliphatic heterocycles. The molecule has 1 saturated heterocycles. The quantitative estimate of drug-likeness (QED) is 0.319. The van der Waals surface area contributed by atoms with Crippen LogP contribution in [0.3, 0.4) is 0 Å². The smallest absolute Gasteiger partial charge is 0.262 e. The van der Waals surface area contributed by atoms with Gasteiger partial charge in [-0.05, 0) is 61.4 Å². The molecule has 0 spiro atoms. The van der Waals surface area contributed by atoms with Crippen LogP contribution < -0.4 is 19.5 Å². The first-order chi connectivity index (χ1) is 19.4. The Kier molecular flexibility index (Phi) is 9.70. The van der Waals surface area contributed by atoms with Gasteiger partial charge in [0.2, 0.25) is 15.9 Å². The van der Waals surface area contributed by atoms with Crippen molar-refractivity contribution in [2.75, 3.05) is 37.3 Å². The Balaban J connectivity index is 1.41. The van der Waals surface area contributed by atoms with Crippen molar-refractivity contribution in [3.8, 4) is 11.5 Å². The molecule has 41 heavy (non-hydrogen) atoms. The molecule has 1 atom stereocenters. The molecule has 2 N–H and O–H groups in total. The summed E-state index contributed by atoms with van der Waals surface area (Å²) < 4.78 is 66.4. The van der Waals surface area contributed by atoms with Crippen LogP contribution in [0.25, 0.3) is 0 Å². The number of methoxy groups -OCH3 is 2. The fourth-order valence-electron chi connectivity index (χ4n) is 4.41. The van der Waals surface area contributed by atoms with E-state index >= 15 is 0 Å². The van der Waals surface area contributed by atoms with Gasteiger partial charge in [0, 0.05) is 40.5 Å². The van der Waals surface area contributed by atoms with Crippen LogP contribution in [0.1, 0.15) is 18.4 Å². The highest BCUT2D eigenvalue weighted by Crippen LogP contribution is 2.32. The Hall–Kier alpha value is -3.03. The van der Waals surface area contributed by atoms with E-state index in [2.05, 4.69) is 10.0 Å². The van der Waals surface area contributed by atoms with Gasteiger partial charge in [-0.1, -0.05) is 29.3 Å². The van der Waals surface area contributed by atoms with E-state index in [1.165, 1.54) is 48.9 Å². The maximum absolute atomic E-state index is 13.1. The van der Waals surface area contributed by atoms with E-state index in [4.69, 9.17) is 32.7 Å². The van der Waals surface area contributed by atoms with E-state index in [1.54, 1.807) is 30.3 Å². The molecule has 14 heteroatoms. The largest absolute Gasteiger partial charge is 0.497 e. The van der Waals surface area contributed by atoms with Gasteiger partial charge in [-0.2, -0.15) is 0 Å². The third-order valence-electron chi connectivity index (χ3n) is 6.62. The van der Waals surface area contributed by atoms with Crippen molar-refractivity contribution in [2.45, 2.75) is 23.5 Å². The minimum Gasteiger partial charge on any atom is -0.497 e. The van der Waals surface area contributed by atoms with Crippen molar-refractivity contribution in [3.63, 3.8) is 0 Å². The summed E-state index contributed by atoms with van der Waals surface area (Å²) in [5, 5.41) is 3.28. The molecule has 0 aliphatic carbocycles. The lowest BCUT2D eigenvalue weighted by Crippen LogP contribution is -2.44. The van der Waals surface area contributed by atoms with E-state index in [-0.39, 0.29) is 45.4 Å². The molecule has 0 saturated carbocycles. The van der Waals surface area contributed by atoms with Gasteiger partial charge in [0.05, 0.1) is 36.5 Å². The minimum absolute atomic E-state index is 0.00892. The Morgan fingerprint density at radius 3 is 2.29 bits per heavy atom. The fraction of sp³-hybridized carbons (Fsp3) is 0.296. The number of anilines is 2. The second-order valence-corrected chi connectivity index (χ2v) is 13.8. The van der Waals surface area contributed by atoms with Crippen molar-refractivity contribution in [3.05, 3.63) is 76.3 Å². The number of amides is 1. The van der Waals surface area contributed by atoms with E-state index in [0.29, 0.717) is 35.6 Å². The molecule has 3 aromatic rings. The molecule has 1 fully saturated rings. The first kappa shape index (κ1) is 30.9. The minimum atomic E-state index is -3.98. The zero-order valence-electron chi connectivity index (χ0n) is 22.3. The van der Waals surface area contributed by atoms with Crippen molar-refractivity contribution in [1.82, 2.24) is 4.31 Å². The normalized spacial score (nSPS) is 16.1. The number of hydrogen-bond acceptors (Lipinski definition) is 7. The Morgan fingerprint density at radius 1 is 0.976 bits per heavy atom. The zero-order chi connectivity index (χ0) is 29.8. The standard InChI is InChI=1S/C27H29Cl2N3O7S2/c1-38-20-10-13-26(39-2)25(15-20)31-41(36,37)21-11-8-19(9-12-21)30-27(33)18-5-4-14-32(16-18)40(34,35)17-22-23(28)6-3-7-24(22)29/h3,6-13,15,18,31H,4-5,14,16-17H2,1-2H3,(H,30,33)/t18-/m1/s1. The molecule has 220 valence electrons. The lowest BCUT2D eigenvalue weighted by Gasteiger charge is -2.31. The average molecular weight is 643 g/mol. The lowest BCUT2D eigenvalue weighted by atomic mass is 9.99. The van der Waals surface area contributed by atoms with Crippen LogP contribution in [0.4, 0.5) is 11.4 Å². The van der Waals surface area contributed by atoms with Crippen molar-refractivity contribution in [2.24, 2.45) is 5.92 Å². The lowest BCUT2D eigenvalue weighted by molar-refractivity contribution is -0.120. The number of nitrogens with one attached hydrogen (secondary N) is 2. The number of nitrogens with zero attached hydrogens (tertiary/aromatic N) is 1. The molecule has 0 bridgehead atoms. The molecule has 1 aliphatic rings. The summed E-state index contributed by atoms with van der Waals surface area (Å²) >= 11 is 12.3. The van der Waals surface area contributed by atoms with Gasteiger partial charge in [-0.3, -0.25) is 9.52 Å². The highest BCUT2D eigenvalue weighted by atomic mass is 35.5. The van der Waals surface area contributed by atoms with Crippen LogP contribution in [0, 0.1) is 5.92 Å². The average Bonchev–Trinajstić information content (AvgIpc) is 2.95. The molecule has 10 nitrogen and oxygen atoms in total. The number of ether oxygens (including phenoxy) is 2. The zero-order valence-corrected chi connectivity index (χ0v) is 25.4. The predicted octanol–water partition coefficient (Wildman–Crippen LogP) is 4.99. The van der Waals surface area contributed by atoms with Gasteiger partial charge in [0.1, 0.15) is 11.5 Å². The number of carbonyl (C=O) groups is 1. The first-order valence-electron chi connectivity index (χ1n) is 12.5. The Morgan fingerprint density at radius 2 is 1.66 bits per heavy atom. The highest BCUT2D eigenvalue weighted by Gasteiger charge is 2.33. The highest BCUT2D eigenvalue weighted by molar-refractivity contribution is 7.92. The van der Waals surface area contributed by atoms with Gasteiger partial charge >= 0.3 is 0 Å². The molecule has 4 rings (SSSR count). The summed E-state index contributed by atoms with van der Waals surface area (Å²) in [6.07, 6.45) is 1.01. The second kappa shape index (κ2) is 12.9. The van der Waals surface area contributed by atoms with Crippen molar-refractivity contribution >= 4 is 60.5 Å². The van der Waals surface area contributed by atoms with Crippen molar-refractivity contribution in [1.29, 1.82) is 0 Å². The number of halogens is 2. The molecule has 1 amide bonds. The van der Waals surface area contributed by atoms with E-state index in [0.717, 1.165) is 0 Å². The number of carbonyl (C=O) groups excluding carboxylic acids is 1. The number of rotatable bonds is 10. The number of benzene rings is 3. The van der Waals surface area contributed by atoms with Crippen LogP contribution in [-0.2, 0) is 30.6 Å². The Labute approximate surface area is 249 Å². The summed E-state index contributed by atoms with van der Waals surface area (Å²) in [6, 6.07) is 15.2.